The van der Waals surface area contributed by atoms with Gasteiger partial charge in [0.05, 0.1) is 24.7 Å². The van der Waals surface area contributed by atoms with Crippen LogP contribution in [0.15, 0.2) is 36.8 Å². The molecule has 0 aliphatic carbocycles. The number of imidazole rings is 1. The van der Waals surface area contributed by atoms with Crippen LogP contribution in [0.2, 0.25) is 0 Å². The zero-order valence-corrected chi connectivity index (χ0v) is 17.2. The molecule has 3 aliphatic heterocycles. The highest BCUT2D eigenvalue weighted by atomic mass is 16.5. The number of hydrogen-bond acceptors (Lipinski definition) is 4. The minimum atomic E-state index is -0.196. The Hall–Kier alpha value is -1.85. The molecule has 1 spiro atoms. The van der Waals surface area contributed by atoms with Crippen LogP contribution in [0.3, 0.4) is 0 Å². The van der Waals surface area contributed by atoms with Gasteiger partial charge in [-0.05, 0) is 57.7 Å². The normalized spacial score (nSPS) is 28.4. The third kappa shape index (κ3) is 3.05. The Bertz CT molecular complexity index is 851. The van der Waals surface area contributed by atoms with Crippen LogP contribution in [0.5, 0.6) is 5.75 Å². The van der Waals surface area contributed by atoms with E-state index in [1.54, 1.807) is 0 Å². The minimum Gasteiger partial charge on any atom is -0.487 e. The van der Waals surface area contributed by atoms with E-state index >= 15 is 0 Å². The van der Waals surface area contributed by atoms with Gasteiger partial charge in [-0.25, -0.2) is 4.98 Å². The molecule has 1 aromatic carbocycles. The molecule has 5 heteroatoms. The molecule has 2 aromatic rings. The van der Waals surface area contributed by atoms with Crippen LogP contribution in [0, 0.1) is 11.3 Å². The Kier molecular flexibility index (Phi) is 4.29. The number of aromatic nitrogens is 2. The Morgan fingerprint density at radius 1 is 1.18 bits per heavy atom. The second-order valence-electron chi connectivity index (χ2n) is 9.56. The van der Waals surface area contributed by atoms with Gasteiger partial charge in [-0.2, -0.15) is 0 Å². The zero-order chi connectivity index (χ0) is 19.4. The molecule has 28 heavy (non-hydrogen) atoms. The van der Waals surface area contributed by atoms with Crippen molar-refractivity contribution >= 4 is 0 Å². The van der Waals surface area contributed by atoms with E-state index in [9.17, 15) is 0 Å². The predicted molar refractivity (Wildman–Crippen MR) is 108 cm³/mol. The van der Waals surface area contributed by atoms with Crippen molar-refractivity contribution in [3.63, 3.8) is 0 Å². The van der Waals surface area contributed by atoms with Crippen LogP contribution < -0.4 is 4.74 Å². The molecule has 5 rings (SSSR count). The molecule has 0 saturated carbocycles. The number of para-hydroxylation sites is 1. The highest BCUT2D eigenvalue weighted by molar-refractivity contribution is 5.39. The lowest BCUT2D eigenvalue weighted by Crippen LogP contribution is -2.54. The lowest BCUT2D eigenvalue weighted by atomic mass is 9.64. The number of ether oxygens (including phenoxy) is 2. The number of aryl methyl sites for hydroxylation is 1. The third-order valence-corrected chi connectivity index (χ3v) is 7.30. The molecule has 3 aliphatic rings. The van der Waals surface area contributed by atoms with E-state index in [0.717, 1.165) is 32.0 Å². The summed E-state index contributed by atoms with van der Waals surface area (Å²) in [4.78, 5) is 6.81. The lowest BCUT2D eigenvalue weighted by Gasteiger charge is -2.54. The molecule has 2 saturated heterocycles. The molecule has 150 valence electrons. The molecule has 4 heterocycles. The van der Waals surface area contributed by atoms with Crippen molar-refractivity contribution in [1.29, 1.82) is 0 Å². The number of hydrogen-bond donors (Lipinski definition) is 0. The first-order valence-electron chi connectivity index (χ1n) is 10.5. The SMILES string of the molecule is Cn1cncc1CN1CCC2(CC1)CO[C@@H]1c3ccccc3OC(C)(C)[C@H]1C2. The molecular formula is C23H31N3O2. The first kappa shape index (κ1) is 18.2. The smallest absolute Gasteiger partial charge is 0.125 e. The quantitative estimate of drug-likeness (QED) is 0.790. The lowest BCUT2D eigenvalue weighted by molar-refractivity contribution is -0.174. The first-order chi connectivity index (χ1) is 13.5. The Morgan fingerprint density at radius 2 is 1.96 bits per heavy atom. The van der Waals surface area contributed by atoms with E-state index in [1.165, 1.54) is 30.5 Å². The Balaban J connectivity index is 1.30. The van der Waals surface area contributed by atoms with Gasteiger partial charge in [-0.15, -0.1) is 0 Å². The van der Waals surface area contributed by atoms with E-state index in [-0.39, 0.29) is 17.1 Å². The third-order valence-electron chi connectivity index (χ3n) is 7.30. The summed E-state index contributed by atoms with van der Waals surface area (Å²) in [5.74, 6) is 1.40. The largest absolute Gasteiger partial charge is 0.487 e. The maximum absolute atomic E-state index is 6.58. The van der Waals surface area contributed by atoms with Crippen molar-refractivity contribution < 1.29 is 9.47 Å². The van der Waals surface area contributed by atoms with Crippen molar-refractivity contribution in [3.8, 4) is 5.75 Å². The topological polar surface area (TPSA) is 39.5 Å². The monoisotopic (exact) mass is 381 g/mol. The van der Waals surface area contributed by atoms with Gasteiger partial charge in [0.2, 0.25) is 0 Å². The molecule has 1 aromatic heterocycles. The molecule has 0 amide bonds. The molecule has 0 bridgehead atoms. The first-order valence-corrected chi connectivity index (χ1v) is 10.5. The van der Waals surface area contributed by atoms with Gasteiger partial charge in [-0.3, -0.25) is 4.90 Å². The van der Waals surface area contributed by atoms with Crippen molar-refractivity contribution in [1.82, 2.24) is 14.5 Å². The van der Waals surface area contributed by atoms with Crippen LogP contribution in [0.25, 0.3) is 0 Å². The second-order valence-corrected chi connectivity index (χ2v) is 9.56. The maximum atomic E-state index is 6.58. The molecule has 0 unspecified atom stereocenters. The number of likely N-dealkylation sites (tertiary alicyclic amines) is 1. The van der Waals surface area contributed by atoms with E-state index in [2.05, 4.69) is 59.6 Å². The van der Waals surface area contributed by atoms with E-state index in [4.69, 9.17) is 9.47 Å². The fraction of sp³-hybridized carbons (Fsp3) is 0.609. The highest BCUT2D eigenvalue weighted by Crippen LogP contribution is 2.55. The fourth-order valence-electron chi connectivity index (χ4n) is 5.40. The highest BCUT2D eigenvalue weighted by Gasteiger charge is 2.52. The van der Waals surface area contributed by atoms with Gasteiger partial charge >= 0.3 is 0 Å². The summed E-state index contributed by atoms with van der Waals surface area (Å²) < 4.78 is 15.1. The minimum absolute atomic E-state index is 0.165. The van der Waals surface area contributed by atoms with Crippen molar-refractivity contribution in [3.05, 3.63) is 48.0 Å². The summed E-state index contributed by atoms with van der Waals surface area (Å²) in [6, 6.07) is 8.41. The van der Waals surface area contributed by atoms with Crippen LogP contribution in [-0.2, 0) is 18.3 Å². The number of piperidine rings is 1. The number of benzene rings is 1. The number of rotatable bonds is 2. The van der Waals surface area contributed by atoms with Gasteiger partial charge in [0, 0.05) is 31.3 Å². The molecule has 2 atom stereocenters. The van der Waals surface area contributed by atoms with E-state index in [1.807, 2.05) is 12.5 Å². The molecule has 2 fully saturated rings. The van der Waals surface area contributed by atoms with Gasteiger partial charge < -0.3 is 14.0 Å². The average molecular weight is 382 g/mol. The van der Waals surface area contributed by atoms with Crippen molar-refractivity contribution in [2.75, 3.05) is 19.7 Å². The Morgan fingerprint density at radius 3 is 2.71 bits per heavy atom. The molecule has 5 nitrogen and oxygen atoms in total. The summed E-state index contributed by atoms with van der Waals surface area (Å²) in [6.07, 6.45) is 7.63. The standard InChI is InChI=1S/C23H31N3O2/c1-22(2)19-12-23(15-27-21(19)18-6-4-5-7-20(18)28-22)8-10-26(11-9-23)14-17-13-24-16-25(17)3/h4-7,13,16,19,21H,8-12,14-15H2,1-3H3/t19-,21+/m0/s1. The van der Waals surface area contributed by atoms with Crippen LogP contribution in [0.1, 0.15) is 50.5 Å². The molecular weight excluding hydrogens is 350 g/mol. The van der Waals surface area contributed by atoms with Gasteiger partial charge in [0.25, 0.3) is 0 Å². The van der Waals surface area contributed by atoms with Gasteiger partial charge in [0.15, 0.2) is 0 Å². The summed E-state index contributed by atoms with van der Waals surface area (Å²) in [5, 5.41) is 0. The summed E-state index contributed by atoms with van der Waals surface area (Å²) in [5.41, 5.74) is 2.61. The number of nitrogens with zero attached hydrogens (tertiary/aromatic N) is 3. The summed E-state index contributed by atoms with van der Waals surface area (Å²) >= 11 is 0. The van der Waals surface area contributed by atoms with Crippen LogP contribution in [0.4, 0.5) is 0 Å². The van der Waals surface area contributed by atoms with Gasteiger partial charge in [-0.1, -0.05) is 18.2 Å². The van der Waals surface area contributed by atoms with Crippen LogP contribution in [-0.4, -0.2) is 39.7 Å². The van der Waals surface area contributed by atoms with E-state index < -0.39 is 0 Å². The van der Waals surface area contributed by atoms with Crippen LogP contribution >= 0.6 is 0 Å². The van der Waals surface area contributed by atoms with Crippen molar-refractivity contribution in [2.45, 2.75) is 51.4 Å². The van der Waals surface area contributed by atoms with Gasteiger partial charge in [0.1, 0.15) is 11.4 Å². The Labute approximate surface area is 167 Å². The maximum Gasteiger partial charge on any atom is 0.125 e. The number of fused-ring (bicyclic) bond motifs is 3. The molecule has 0 N–H and O–H groups in total. The zero-order valence-electron chi connectivity index (χ0n) is 17.2. The fourth-order valence-corrected chi connectivity index (χ4v) is 5.40. The predicted octanol–water partition coefficient (Wildman–Crippen LogP) is 3.95. The average Bonchev–Trinajstić information content (AvgIpc) is 3.08. The van der Waals surface area contributed by atoms with E-state index in [0.29, 0.717) is 5.92 Å². The summed E-state index contributed by atoms with van der Waals surface area (Å²) in [6.45, 7) is 8.59. The van der Waals surface area contributed by atoms with Crippen molar-refractivity contribution in [2.24, 2.45) is 18.4 Å². The second kappa shape index (κ2) is 6.60. The molecule has 0 radical (unpaired) electrons. The summed E-state index contributed by atoms with van der Waals surface area (Å²) in [7, 11) is 2.08.